The van der Waals surface area contributed by atoms with Crippen LogP contribution in [0.25, 0.3) is 0 Å². The molecular formula is C17H24F2N2O2. The Balaban J connectivity index is 2.12. The highest BCUT2D eigenvalue weighted by Crippen LogP contribution is 2.26. The van der Waals surface area contributed by atoms with Crippen LogP contribution in [0.4, 0.5) is 8.78 Å². The zero-order valence-corrected chi connectivity index (χ0v) is 13.6. The van der Waals surface area contributed by atoms with Crippen LogP contribution >= 0.6 is 0 Å². The first-order valence-electron chi connectivity index (χ1n) is 7.95. The molecule has 4 nitrogen and oxygen atoms in total. The van der Waals surface area contributed by atoms with Crippen LogP contribution in [0.15, 0.2) is 18.2 Å². The number of benzene rings is 1. The Bertz CT molecular complexity index is 551. The summed E-state index contributed by atoms with van der Waals surface area (Å²) in [5, 5.41) is 9.06. The maximum Gasteiger partial charge on any atom is 0.256 e. The van der Waals surface area contributed by atoms with E-state index in [2.05, 4.69) is 4.90 Å². The fourth-order valence-corrected chi connectivity index (χ4v) is 3.35. The molecule has 0 radical (unpaired) electrons. The number of nitrogens with zero attached hydrogens (tertiary/aromatic N) is 2. The third-order valence-electron chi connectivity index (χ3n) is 4.54. The summed E-state index contributed by atoms with van der Waals surface area (Å²) in [6.07, 6.45) is 2.30. The van der Waals surface area contributed by atoms with Gasteiger partial charge in [0.1, 0.15) is 11.6 Å². The van der Waals surface area contributed by atoms with Crippen molar-refractivity contribution in [2.75, 3.05) is 33.8 Å². The number of rotatable bonds is 5. The number of hydrogen-bond acceptors (Lipinski definition) is 3. The minimum Gasteiger partial charge on any atom is -0.396 e. The second kappa shape index (κ2) is 7.84. The third kappa shape index (κ3) is 4.26. The fourth-order valence-electron chi connectivity index (χ4n) is 3.35. The molecule has 1 amide bonds. The summed E-state index contributed by atoms with van der Waals surface area (Å²) in [6.45, 7) is 1.20. The quantitative estimate of drug-likeness (QED) is 0.901. The molecule has 0 aromatic heterocycles. The molecule has 1 aliphatic rings. The lowest BCUT2D eigenvalue weighted by Crippen LogP contribution is -2.50. The van der Waals surface area contributed by atoms with Gasteiger partial charge in [0, 0.05) is 31.8 Å². The molecule has 1 aromatic carbocycles. The molecule has 0 bridgehead atoms. The highest BCUT2D eigenvalue weighted by molar-refractivity contribution is 5.94. The van der Waals surface area contributed by atoms with Crippen LogP contribution < -0.4 is 0 Å². The number of aliphatic hydroxyl groups is 1. The summed E-state index contributed by atoms with van der Waals surface area (Å²) in [7, 11) is 4.02. The second-order valence-corrected chi connectivity index (χ2v) is 6.32. The van der Waals surface area contributed by atoms with Crippen LogP contribution in [0.1, 0.15) is 29.6 Å². The van der Waals surface area contributed by atoms with Gasteiger partial charge in [-0.15, -0.1) is 0 Å². The first-order chi connectivity index (χ1) is 10.9. The maximum atomic E-state index is 13.8. The lowest BCUT2D eigenvalue weighted by atomic mass is 9.87. The second-order valence-electron chi connectivity index (χ2n) is 6.32. The van der Waals surface area contributed by atoms with Crippen LogP contribution in [-0.4, -0.2) is 60.6 Å². The summed E-state index contributed by atoms with van der Waals surface area (Å²) in [4.78, 5) is 16.3. The van der Waals surface area contributed by atoms with Crippen LogP contribution in [0, 0.1) is 17.6 Å². The average molecular weight is 326 g/mol. The van der Waals surface area contributed by atoms with Gasteiger partial charge < -0.3 is 14.9 Å². The topological polar surface area (TPSA) is 43.8 Å². The minimum atomic E-state index is -0.823. The van der Waals surface area contributed by atoms with Gasteiger partial charge >= 0.3 is 0 Å². The zero-order valence-electron chi connectivity index (χ0n) is 13.6. The van der Waals surface area contributed by atoms with E-state index in [1.54, 1.807) is 4.90 Å². The molecule has 1 aromatic rings. The molecule has 1 N–H and O–H groups in total. The Morgan fingerprint density at radius 3 is 2.74 bits per heavy atom. The number of hydrogen-bond donors (Lipinski definition) is 1. The maximum absolute atomic E-state index is 13.8. The molecule has 6 heteroatoms. The Hall–Kier alpha value is -1.53. The Morgan fingerprint density at radius 1 is 1.39 bits per heavy atom. The monoisotopic (exact) mass is 326 g/mol. The number of halogens is 2. The summed E-state index contributed by atoms with van der Waals surface area (Å²) in [6, 6.07) is 3.38. The predicted octanol–water partition coefficient (Wildman–Crippen LogP) is 2.13. The van der Waals surface area contributed by atoms with Crippen molar-refractivity contribution in [1.29, 1.82) is 0 Å². The van der Waals surface area contributed by atoms with Crippen LogP contribution in [0.3, 0.4) is 0 Å². The minimum absolute atomic E-state index is 0.0874. The van der Waals surface area contributed by atoms with Gasteiger partial charge in [-0.3, -0.25) is 4.79 Å². The van der Waals surface area contributed by atoms with Crippen molar-refractivity contribution in [3.8, 4) is 0 Å². The van der Waals surface area contributed by atoms with Crippen molar-refractivity contribution >= 4 is 5.91 Å². The molecule has 2 rings (SSSR count). The van der Waals surface area contributed by atoms with Gasteiger partial charge in [0.05, 0.1) is 5.56 Å². The van der Waals surface area contributed by atoms with Crippen LogP contribution in [0.5, 0.6) is 0 Å². The molecule has 1 fully saturated rings. The van der Waals surface area contributed by atoms with Gasteiger partial charge in [-0.25, -0.2) is 8.78 Å². The van der Waals surface area contributed by atoms with Crippen molar-refractivity contribution in [3.05, 3.63) is 35.4 Å². The molecule has 1 saturated heterocycles. The first-order valence-corrected chi connectivity index (χ1v) is 7.95. The number of likely N-dealkylation sites (tertiary alicyclic amines) is 1. The average Bonchev–Trinajstić information content (AvgIpc) is 2.51. The number of carbonyl (C=O) groups excluding carboxylic acids is 1. The molecular weight excluding hydrogens is 302 g/mol. The van der Waals surface area contributed by atoms with Gasteiger partial charge in [-0.05, 0) is 51.4 Å². The SMILES string of the molecule is CN(C)[C@@H]1CCN(C(=O)c2ccc(F)cc2F)C[C@@H]1CCCO. The smallest absolute Gasteiger partial charge is 0.256 e. The first kappa shape index (κ1) is 17.8. The van der Waals surface area contributed by atoms with E-state index < -0.39 is 17.5 Å². The number of piperidine rings is 1. The molecule has 1 heterocycles. The number of carbonyl (C=O) groups is 1. The van der Waals surface area contributed by atoms with Crippen molar-refractivity contribution in [2.45, 2.75) is 25.3 Å². The molecule has 0 saturated carbocycles. The summed E-state index contributed by atoms with van der Waals surface area (Å²) in [5.74, 6) is -1.67. The lowest BCUT2D eigenvalue weighted by molar-refractivity contribution is 0.0491. The van der Waals surface area contributed by atoms with E-state index >= 15 is 0 Å². The molecule has 23 heavy (non-hydrogen) atoms. The molecule has 0 unspecified atom stereocenters. The van der Waals surface area contributed by atoms with E-state index in [4.69, 9.17) is 5.11 Å². The number of aliphatic hydroxyl groups excluding tert-OH is 1. The molecule has 0 spiro atoms. The van der Waals surface area contributed by atoms with Crippen LogP contribution in [0.2, 0.25) is 0 Å². The summed E-state index contributed by atoms with van der Waals surface area (Å²) in [5.41, 5.74) is -0.0874. The summed E-state index contributed by atoms with van der Waals surface area (Å²) >= 11 is 0. The van der Waals surface area contributed by atoms with Crippen molar-refractivity contribution < 1.29 is 18.7 Å². The van der Waals surface area contributed by atoms with Gasteiger partial charge in [0.25, 0.3) is 5.91 Å². The highest BCUT2D eigenvalue weighted by Gasteiger charge is 2.33. The molecule has 2 atom stereocenters. The van der Waals surface area contributed by atoms with Gasteiger partial charge in [0.15, 0.2) is 0 Å². The van der Waals surface area contributed by atoms with E-state index in [9.17, 15) is 13.6 Å². The van der Waals surface area contributed by atoms with E-state index in [1.165, 1.54) is 6.07 Å². The third-order valence-corrected chi connectivity index (χ3v) is 4.54. The van der Waals surface area contributed by atoms with Crippen molar-refractivity contribution in [2.24, 2.45) is 5.92 Å². The van der Waals surface area contributed by atoms with E-state index in [0.29, 0.717) is 25.6 Å². The van der Waals surface area contributed by atoms with Gasteiger partial charge in [-0.1, -0.05) is 0 Å². The lowest BCUT2D eigenvalue weighted by Gasteiger charge is -2.41. The van der Waals surface area contributed by atoms with Gasteiger partial charge in [-0.2, -0.15) is 0 Å². The fraction of sp³-hybridized carbons (Fsp3) is 0.588. The van der Waals surface area contributed by atoms with Crippen molar-refractivity contribution in [1.82, 2.24) is 9.80 Å². The zero-order chi connectivity index (χ0) is 17.0. The van der Waals surface area contributed by atoms with Crippen molar-refractivity contribution in [3.63, 3.8) is 0 Å². The Morgan fingerprint density at radius 2 is 2.13 bits per heavy atom. The summed E-state index contributed by atoms with van der Waals surface area (Å²) < 4.78 is 26.8. The molecule has 1 aliphatic heterocycles. The normalized spacial score (nSPS) is 21.7. The standard InChI is InChI=1S/C17H24F2N2O2/c1-20(2)16-7-8-21(11-12(16)4-3-9-22)17(23)14-6-5-13(18)10-15(14)19/h5-6,10,12,16,22H,3-4,7-9,11H2,1-2H3/t12-,16+/m0/s1. The van der Waals surface area contributed by atoms with E-state index in [0.717, 1.165) is 25.0 Å². The predicted molar refractivity (Wildman–Crippen MR) is 84.2 cm³/mol. The Labute approximate surface area is 135 Å². The Kier molecular flexibility index (Phi) is 6.07. The van der Waals surface area contributed by atoms with E-state index in [1.807, 2.05) is 14.1 Å². The highest BCUT2D eigenvalue weighted by atomic mass is 19.1. The largest absolute Gasteiger partial charge is 0.396 e. The van der Waals surface area contributed by atoms with Crippen LogP contribution in [-0.2, 0) is 0 Å². The number of amides is 1. The molecule has 0 aliphatic carbocycles. The van der Waals surface area contributed by atoms with Gasteiger partial charge in [0.2, 0.25) is 0 Å². The molecule has 128 valence electrons. The van der Waals surface area contributed by atoms with E-state index in [-0.39, 0.29) is 18.1 Å².